The summed E-state index contributed by atoms with van der Waals surface area (Å²) in [7, 11) is 0. The van der Waals surface area contributed by atoms with Gasteiger partial charge in [-0.3, -0.25) is 4.57 Å². The first-order valence-corrected chi connectivity index (χ1v) is 8.98. The van der Waals surface area contributed by atoms with Crippen LogP contribution < -0.4 is 0 Å². The number of halogens is 1. The molecule has 0 radical (unpaired) electrons. The zero-order valence-corrected chi connectivity index (χ0v) is 15.2. The van der Waals surface area contributed by atoms with Gasteiger partial charge in [0.2, 0.25) is 0 Å². The van der Waals surface area contributed by atoms with Crippen molar-refractivity contribution in [2.45, 2.75) is 6.54 Å². The predicted molar refractivity (Wildman–Crippen MR) is 104 cm³/mol. The second kappa shape index (κ2) is 6.07. The minimum atomic E-state index is 0.540. The van der Waals surface area contributed by atoms with Crippen molar-refractivity contribution in [3.63, 3.8) is 0 Å². The number of benzene rings is 2. The van der Waals surface area contributed by atoms with E-state index in [1.54, 1.807) is 6.26 Å². The monoisotopic (exact) mass is 404 g/mol. The number of furan rings is 1. The standard InChI is InChI=1S/C20H13BrN4O/c21-14-6-3-5-13(11-14)19-24-18-20(25(19)12-15-7-4-10-26-15)23-17-9-2-1-8-16(17)22-18/h1-11H,12H2. The minimum Gasteiger partial charge on any atom is -0.467 e. The maximum absolute atomic E-state index is 5.55. The molecule has 0 amide bonds. The van der Waals surface area contributed by atoms with E-state index in [1.165, 1.54) is 0 Å². The van der Waals surface area contributed by atoms with Gasteiger partial charge in [0.25, 0.3) is 0 Å². The van der Waals surface area contributed by atoms with Gasteiger partial charge in [0.05, 0.1) is 23.8 Å². The summed E-state index contributed by atoms with van der Waals surface area (Å²) in [6.45, 7) is 0.540. The van der Waals surface area contributed by atoms with Crippen molar-refractivity contribution in [1.82, 2.24) is 19.5 Å². The topological polar surface area (TPSA) is 56.7 Å². The molecule has 126 valence electrons. The van der Waals surface area contributed by atoms with Gasteiger partial charge in [-0.25, -0.2) is 15.0 Å². The predicted octanol–water partition coefficient (Wildman–Crippen LogP) is 5.05. The van der Waals surface area contributed by atoms with Gasteiger partial charge < -0.3 is 4.42 Å². The van der Waals surface area contributed by atoms with Crippen molar-refractivity contribution in [2.75, 3.05) is 0 Å². The largest absolute Gasteiger partial charge is 0.467 e. The quantitative estimate of drug-likeness (QED) is 0.422. The van der Waals surface area contributed by atoms with Crippen LogP contribution >= 0.6 is 15.9 Å². The first-order chi connectivity index (χ1) is 12.8. The van der Waals surface area contributed by atoms with Crippen molar-refractivity contribution in [2.24, 2.45) is 0 Å². The molecule has 26 heavy (non-hydrogen) atoms. The molecule has 0 spiro atoms. The van der Waals surface area contributed by atoms with Gasteiger partial charge in [-0.05, 0) is 36.4 Å². The summed E-state index contributed by atoms with van der Waals surface area (Å²) in [5.74, 6) is 1.66. The Labute approximate surface area is 157 Å². The van der Waals surface area contributed by atoms with E-state index in [0.29, 0.717) is 12.2 Å². The van der Waals surface area contributed by atoms with Crippen LogP contribution in [0.3, 0.4) is 0 Å². The Morgan fingerprint density at radius 3 is 2.50 bits per heavy atom. The molecule has 0 unspecified atom stereocenters. The fourth-order valence-electron chi connectivity index (χ4n) is 3.05. The molecule has 3 aromatic heterocycles. The molecule has 3 heterocycles. The number of rotatable bonds is 3. The molecule has 0 aliphatic carbocycles. The van der Waals surface area contributed by atoms with Crippen LogP contribution in [-0.2, 0) is 6.54 Å². The van der Waals surface area contributed by atoms with E-state index in [9.17, 15) is 0 Å². The molecule has 0 fully saturated rings. The minimum absolute atomic E-state index is 0.540. The van der Waals surface area contributed by atoms with Crippen LogP contribution in [-0.4, -0.2) is 19.5 Å². The second-order valence-corrected chi connectivity index (χ2v) is 6.89. The Morgan fingerprint density at radius 1 is 0.885 bits per heavy atom. The van der Waals surface area contributed by atoms with E-state index in [4.69, 9.17) is 19.4 Å². The SMILES string of the molecule is Brc1cccc(-c2nc3nc4ccccc4nc3n2Cc2ccco2)c1. The molecule has 0 saturated heterocycles. The lowest BCUT2D eigenvalue weighted by Crippen LogP contribution is -2.03. The number of imidazole rings is 1. The number of hydrogen-bond donors (Lipinski definition) is 0. The van der Waals surface area contributed by atoms with Gasteiger partial charge in [0.15, 0.2) is 11.3 Å². The molecule has 2 aromatic carbocycles. The molecule has 0 N–H and O–H groups in total. The summed E-state index contributed by atoms with van der Waals surface area (Å²) < 4.78 is 8.60. The molecule has 5 rings (SSSR count). The highest BCUT2D eigenvalue weighted by atomic mass is 79.9. The third-order valence-electron chi connectivity index (χ3n) is 4.23. The summed E-state index contributed by atoms with van der Waals surface area (Å²) in [6.07, 6.45) is 1.67. The maximum Gasteiger partial charge on any atom is 0.198 e. The number of aromatic nitrogens is 4. The average Bonchev–Trinajstić information content (AvgIpc) is 3.28. The lowest BCUT2D eigenvalue weighted by Gasteiger charge is -2.07. The van der Waals surface area contributed by atoms with Crippen molar-refractivity contribution in [1.29, 1.82) is 0 Å². The van der Waals surface area contributed by atoms with Crippen LogP contribution in [0.5, 0.6) is 0 Å². The van der Waals surface area contributed by atoms with E-state index in [1.807, 2.05) is 60.7 Å². The first kappa shape index (κ1) is 15.3. The van der Waals surface area contributed by atoms with Crippen molar-refractivity contribution >= 4 is 38.3 Å². The van der Waals surface area contributed by atoms with Crippen molar-refractivity contribution in [3.05, 3.63) is 77.2 Å². The van der Waals surface area contributed by atoms with Crippen LogP contribution in [0.2, 0.25) is 0 Å². The molecule has 5 nitrogen and oxygen atoms in total. The summed E-state index contributed by atoms with van der Waals surface area (Å²) in [5, 5.41) is 0. The van der Waals surface area contributed by atoms with Crippen LogP contribution in [0.1, 0.15) is 5.76 Å². The Bertz CT molecular complexity index is 1230. The number of fused-ring (bicyclic) bond motifs is 2. The zero-order chi connectivity index (χ0) is 17.5. The summed E-state index contributed by atoms with van der Waals surface area (Å²) in [4.78, 5) is 14.3. The molecule has 0 atom stereocenters. The number of hydrogen-bond acceptors (Lipinski definition) is 4. The second-order valence-electron chi connectivity index (χ2n) is 5.97. The van der Waals surface area contributed by atoms with Gasteiger partial charge in [0, 0.05) is 10.0 Å². The van der Waals surface area contributed by atoms with E-state index >= 15 is 0 Å². The lowest BCUT2D eigenvalue weighted by molar-refractivity contribution is 0.496. The van der Waals surface area contributed by atoms with E-state index in [2.05, 4.69) is 20.5 Å². The molecule has 0 aliphatic rings. The highest BCUT2D eigenvalue weighted by molar-refractivity contribution is 9.10. The average molecular weight is 405 g/mol. The Hall–Kier alpha value is -2.99. The molecule has 0 aliphatic heterocycles. The highest BCUT2D eigenvalue weighted by Crippen LogP contribution is 2.27. The maximum atomic E-state index is 5.55. The van der Waals surface area contributed by atoms with Gasteiger partial charge in [-0.2, -0.15) is 0 Å². The van der Waals surface area contributed by atoms with Crippen LogP contribution in [0.25, 0.3) is 33.7 Å². The molecular weight excluding hydrogens is 392 g/mol. The van der Waals surface area contributed by atoms with Crippen LogP contribution in [0.15, 0.2) is 75.8 Å². The third-order valence-corrected chi connectivity index (χ3v) is 4.73. The van der Waals surface area contributed by atoms with Crippen molar-refractivity contribution in [3.8, 4) is 11.4 Å². The fourth-order valence-corrected chi connectivity index (χ4v) is 3.45. The molecule has 0 bridgehead atoms. The van der Waals surface area contributed by atoms with Crippen LogP contribution in [0.4, 0.5) is 0 Å². The zero-order valence-electron chi connectivity index (χ0n) is 13.6. The van der Waals surface area contributed by atoms with E-state index in [-0.39, 0.29) is 0 Å². The molecule has 6 heteroatoms. The fraction of sp³-hybridized carbons (Fsp3) is 0.0500. The third kappa shape index (κ3) is 2.59. The van der Waals surface area contributed by atoms with Gasteiger partial charge in [-0.15, -0.1) is 0 Å². The van der Waals surface area contributed by atoms with Crippen LogP contribution in [0, 0.1) is 0 Å². The molecule has 0 saturated carbocycles. The summed E-state index contributed by atoms with van der Waals surface area (Å²) in [6, 6.07) is 19.7. The summed E-state index contributed by atoms with van der Waals surface area (Å²) >= 11 is 3.54. The van der Waals surface area contributed by atoms with E-state index < -0.39 is 0 Å². The summed E-state index contributed by atoms with van der Waals surface area (Å²) in [5.41, 5.74) is 4.06. The number of para-hydroxylation sites is 2. The molecule has 5 aromatic rings. The van der Waals surface area contributed by atoms with Gasteiger partial charge >= 0.3 is 0 Å². The lowest BCUT2D eigenvalue weighted by atomic mass is 10.2. The van der Waals surface area contributed by atoms with Crippen molar-refractivity contribution < 1.29 is 4.42 Å². The normalized spacial score (nSPS) is 11.4. The Morgan fingerprint density at radius 2 is 1.73 bits per heavy atom. The Balaban J connectivity index is 1.80. The van der Waals surface area contributed by atoms with E-state index in [0.717, 1.165) is 38.3 Å². The van der Waals surface area contributed by atoms with Gasteiger partial charge in [-0.1, -0.05) is 40.2 Å². The number of nitrogens with zero attached hydrogens (tertiary/aromatic N) is 4. The highest BCUT2D eigenvalue weighted by Gasteiger charge is 2.17. The smallest absolute Gasteiger partial charge is 0.198 e. The first-order valence-electron chi connectivity index (χ1n) is 8.19. The van der Waals surface area contributed by atoms with Gasteiger partial charge in [0.1, 0.15) is 11.6 Å². The Kier molecular flexibility index (Phi) is 3.57. The molecular formula is C20H13BrN4O.